The summed E-state index contributed by atoms with van der Waals surface area (Å²) in [5.41, 5.74) is 3.19. The maximum atomic E-state index is 14.6. The molecule has 0 unspecified atom stereocenters. The van der Waals surface area contributed by atoms with E-state index in [2.05, 4.69) is 15.0 Å². The average Bonchev–Trinajstić information content (AvgIpc) is 3.27. The highest BCUT2D eigenvalue weighted by atomic mass is 35.5. The highest BCUT2D eigenvalue weighted by Gasteiger charge is 2.36. The Bertz CT molecular complexity index is 1280. The maximum absolute atomic E-state index is 14.6. The van der Waals surface area contributed by atoms with E-state index in [0.29, 0.717) is 38.0 Å². The Kier molecular flexibility index (Phi) is 4.31. The quantitative estimate of drug-likeness (QED) is 0.512. The molecule has 0 aliphatic carbocycles. The molecule has 0 radical (unpaired) electrons. The predicted octanol–water partition coefficient (Wildman–Crippen LogP) is 4.56. The van der Waals surface area contributed by atoms with Crippen LogP contribution in [0.4, 0.5) is 4.39 Å². The number of benzene rings is 2. The van der Waals surface area contributed by atoms with Crippen molar-refractivity contribution < 1.29 is 19.0 Å². The van der Waals surface area contributed by atoms with E-state index in [1.54, 1.807) is 12.1 Å². The molecule has 29 heavy (non-hydrogen) atoms. The molecule has 5 rings (SSSR count). The molecule has 148 valence electrons. The summed E-state index contributed by atoms with van der Waals surface area (Å²) < 4.78 is 26.2. The molecule has 3 heterocycles. The smallest absolute Gasteiger partial charge is 0.232 e. The second kappa shape index (κ2) is 6.76. The average molecular weight is 432 g/mol. The van der Waals surface area contributed by atoms with E-state index in [-0.39, 0.29) is 18.3 Å². The van der Waals surface area contributed by atoms with E-state index >= 15 is 0 Å². The van der Waals surface area contributed by atoms with Gasteiger partial charge in [0.25, 0.3) is 0 Å². The molecule has 0 saturated carbocycles. The van der Waals surface area contributed by atoms with E-state index in [0.717, 1.165) is 10.3 Å². The lowest BCUT2D eigenvalue weighted by molar-refractivity contribution is 0.117. The zero-order valence-corrected chi connectivity index (χ0v) is 17.0. The summed E-state index contributed by atoms with van der Waals surface area (Å²) in [7, 11) is 1.52. The Morgan fingerprint density at radius 3 is 2.86 bits per heavy atom. The lowest BCUT2D eigenvalue weighted by Crippen LogP contribution is -2.21. The van der Waals surface area contributed by atoms with Gasteiger partial charge in [0.1, 0.15) is 11.1 Å². The normalized spacial score (nSPS) is 18.2. The zero-order chi connectivity index (χ0) is 20.3. The van der Waals surface area contributed by atoms with Gasteiger partial charge in [-0.2, -0.15) is 0 Å². The van der Waals surface area contributed by atoms with Crippen LogP contribution < -0.4 is 9.47 Å². The van der Waals surface area contributed by atoms with Gasteiger partial charge in [0.05, 0.1) is 41.2 Å². The first-order chi connectivity index (χ1) is 14.0. The van der Waals surface area contributed by atoms with Gasteiger partial charge in [0.15, 0.2) is 11.6 Å². The predicted molar refractivity (Wildman–Crippen MR) is 110 cm³/mol. The number of rotatable bonds is 3. The minimum absolute atomic E-state index is 0.151. The molecule has 1 N–H and O–H groups in total. The molecule has 6 nitrogen and oxygen atoms in total. The Labute approximate surface area is 173 Å². The molecule has 0 fully saturated rings. The molecule has 1 aliphatic heterocycles. The number of thiazole rings is 1. The van der Waals surface area contributed by atoms with Crippen molar-refractivity contribution in [1.82, 2.24) is 15.0 Å². The first-order valence-electron chi connectivity index (χ1n) is 8.91. The van der Waals surface area contributed by atoms with Gasteiger partial charge in [-0.1, -0.05) is 18.5 Å². The molecule has 0 amide bonds. The van der Waals surface area contributed by atoms with Crippen LogP contribution in [0.1, 0.15) is 18.4 Å². The van der Waals surface area contributed by atoms with Crippen LogP contribution in [0, 0.1) is 5.82 Å². The van der Waals surface area contributed by atoms with Crippen LogP contribution in [-0.4, -0.2) is 39.9 Å². The van der Waals surface area contributed by atoms with Crippen molar-refractivity contribution in [3.05, 3.63) is 40.8 Å². The number of hydrogen-bond acceptors (Lipinski definition) is 7. The molecular formula is C20H15ClFN3O3S. The van der Waals surface area contributed by atoms with Crippen molar-refractivity contribution in [1.29, 1.82) is 0 Å². The van der Waals surface area contributed by atoms with Crippen molar-refractivity contribution in [3.63, 3.8) is 0 Å². The van der Waals surface area contributed by atoms with E-state index in [9.17, 15) is 9.50 Å². The fourth-order valence-electron chi connectivity index (χ4n) is 3.66. The summed E-state index contributed by atoms with van der Waals surface area (Å²) in [5, 5.41) is 10.7. The standard InChI is InChI=1S/C20H15ClFN3O3S/c1-8-14(7-26)28-18-11(22)5-13-19(16(8)18)29-20(25-13)10-3-9(21)4-12-17(10)23-6-15(24-12)27-2/h3-6,8,14,26H,7H2,1-2H3/t8-,14-/m1/s1. The van der Waals surface area contributed by atoms with Crippen LogP contribution in [0.2, 0.25) is 5.02 Å². The molecule has 2 aromatic carbocycles. The number of nitrogens with zero attached hydrogens (tertiary/aromatic N) is 3. The van der Waals surface area contributed by atoms with E-state index < -0.39 is 11.9 Å². The van der Waals surface area contributed by atoms with Crippen molar-refractivity contribution in [2.75, 3.05) is 13.7 Å². The number of aliphatic hydroxyl groups excluding tert-OH is 1. The molecular weight excluding hydrogens is 417 g/mol. The van der Waals surface area contributed by atoms with Crippen LogP contribution in [-0.2, 0) is 0 Å². The summed E-state index contributed by atoms with van der Waals surface area (Å²) in [4.78, 5) is 13.5. The lowest BCUT2D eigenvalue weighted by Gasteiger charge is -2.10. The van der Waals surface area contributed by atoms with Crippen molar-refractivity contribution in [3.8, 4) is 22.2 Å². The number of hydrogen-bond donors (Lipinski definition) is 1. The molecule has 1 aliphatic rings. The SMILES string of the molecule is COc1cnc2c(-c3nc4cc(F)c5c(c4s3)[C@H](C)[C@@H](CO)O5)cc(Cl)cc2n1. The summed E-state index contributed by atoms with van der Waals surface area (Å²) in [5.74, 6) is -0.0510. The van der Waals surface area contributed by atoms with Gasteiger partial charge in [-0.15, -0.1) is 11.3 Å². The Morgan fingerprint density at radius 2 is 2.10 bits per heavy atom. The molecule has 9 heteroatoms. The van der Waals surface area contributed by atoms with Crippen LogP contribution >= 0.6 is 22.9 Å². The summed E-state index contributed by atoms with van der Waals surface area (Å²) in [6.07, 6.45) is 1.06. The van der Waals surface area contributed by atoms with Gasteiger partial charge in [-0.25, -0.2) is 19.3 Å². The van der Waals surface area contributed by atoms with Gasteiger partial charge in [0.2, 0.25) is 5.88 Å². The van der Waals surface area contributed by atoms with Gasteiger partial charge in [0, 0.05) is 28.1 Å². The number of aliphatic hydroxyl groups is 1. The van der Waals surface area contributed by atoms with E-state index in [4.69, 9.17) is 21.1 Å². The van der Waals surface area contributed by atoms with Crippen LogP contribution in [0.15, 0.2) is 24.4 Å². The van der Waals surface area contributed by atoms with Crippen LogP contribution in [0.5, 0.6) is 11.6 Å². The summed E-state index contributed by atoms with van der Waals surface area (Å²) in [6, 6.07) is 4.85. The number of aromatic nitrogens is 3. The molecule has 4 aromatic rings. The van der Waals surface area contributed by atoms with Crippen LogP contribution in [0.3, 0.4) is 0 Å². The first kappa shape index (κ1) is 18.5. The lowest BCUT2D eigenvalue weighted by atomic mass is 9.97. The van der Waals surface area contributed by atoms with E-state index in [1.165, 1.54) is 30.7 Å². The highest BCUT2D eigenvalue weighted by Crippen LogP contribution is 2.47. The van der Waals surface area contributed by atoms with Gasteiger partial charge >= 0.3 is 0 Å². The second-order valence-corrected chi connectivity index (χ2v) is 8.26. The zero-order valence-electron chi connectivity index (χ0n) is 15.4. The molecule has 0 spiro atoms. The highest BCUT2D eigenvalue weighted by molar-refractivity contribution is 7.22. The Morgan fingerprint density at radius 1 is 1.28 bits per heavy atom. The third-order valence-electron chi connectivity index (χ3n) is 5.11. The fraction of sp³-hybridized carbons (Fsp3) is 0.250. The molecule has 2 atom stereocenters. The van der Waals surface area contributed by atoms with Crippen molar-refractivity contribution in [2.24, 2.45) is 0 Å². The summed E-state index contributed by atoms with van der Waals surface area (Å²) in [6.45, 7) is 1.73. The third-order valence-corrected chi connectivity index (χ3v) is 6.47. The number of halogens is 2. The van der Waals surface area contributed by atoms with Gasteiger partial charge in [-0.3, -0.25) is 0 Å². The van der Waals surface area contributed by atoms with Gasteiger partial charge < -0.3 is 14.6 Å². The van der Waals surface area contributed by atoms with Gasteiger partial charge in [-0.05, 0) is 12.1 Å². The molecule has 0 bridgehead atoms. The topological polar surface area (TPSA) is 77.4 Å². The number of fused-ring (bicyclic) bond motifs is 4. The fourth-order valence-corrected chi connectivity index (χ4v) is 5.07. The van der Waals surface area contributed by atoms with E-state index in [1.807, 2.05) is 6.92 Å². The first-order valence-corrected chi connectivity index (χ1v) is 10.1. The summed E-state index contributed by atoms with van der Waals surface area (Å²) >= 11 is 7.73. The maximum Gasteiger partial charge on any atom is 0.232 e. The Balaban J connectivity index is 1.75. The number of ether oxygens (including phenoxy) is 2. The van der Waals surface area contributed by atoms with Crippen molar-refractivity contribution >= 4 is 44.2 Å². The minimum atomic E-state index is -0.479. The van der Waals surface area contributed by atoms with Crippen LogP contribution in [0.25, 0.3) is 31.8 Å². The largest absolute Gasteiger partial charge is 0.484 e. The molecule has 0 saturated heterocycles. The third kappa shape index (κ3) is 2.82. The molecule has 2 aromatic heterocycles. The Hall–Kier alpha value is -2.55. The monoisotopic (exact) mass is 431 g/mol. The minimum Gasteiger partial charge on any atom is -0.484 e. The number of methoxy groups -OCH3 is 1. The van der Waals surface area contributed by atoms with Crippen molar-refractivity contribution in [2.45, 2.75) is 18.9 Å². The second-order valence-electron chi connectivity index (χ2n) is 6.83.